The summed E-state index contributed by atoms with van der Waals surface area (Å²) in [5.41, 5.74) is 6.32. The number of anilines is 2. The van der Waals surface area contributed by atoms with Crippen molar-refractivity contribution in [3.8, 4) is 11.5 Å². The first kappa shape index (κ1) is 23.3. The van der Waals surface area contributed by atoms with Crippen LogP contribution >= 0.6 is 0 Å². The van der Waals surface area contributed by atoms with Gasteiger partial charge in [-0.05, 0) is 68.3 Å². The van der Waals surface area contributed by atoms with Crippen LogP contribution in [0, 0.1) is 6.92 Å². The minimum Gasteiger partial charge on any atom is -0.455 e. The number of rotatable bonds is 8. The predicted octanol–water partition coefficient (Wildman–Crippen LogP) is 6.09. The Balaban J connectivity index is 1.16. The number of nitrogens with one attached hydrogen (secondary N) is 1. The Morgan fingerprint density at radius 2 is 1.74 bits per heavy atom. The monoisotopic (exact) mass is 468 g/mol. The van der Waals surface area contributed by atoms with Gasteiger partial charge in [-0.2, -0.15) is 0 Å². The highest BCUT2D eigenvalue weighted by molar-refractivity contribution is 5.83. The van der Waals surface area contributed by atoms with Gasteiger partial charge in [-0.25, -0.2) is 0 Å². The van der Waals surface area contributed by atoms with Gasteiger partial charge < -0.3 is 19.5 Å². The zero-order valence-electron chi connectivity index (χ0n) is 21.1. The van der Waals surface area contributed by atoms with Crippen molar-refractivity contribution in [2.24, 2.45) is 0 Å². The molecular formula is C30H36N4O. The molecule has 0 amide bonds. The minimum absolute atomic E-state index is 0.870. The second kappa shape index (κ2) is 10.4. The Hall–Kier alpha value is -3.44. The quantitative estimate of drug-likeness (QED) is 0.339. The molecule has 182 valence electrons. The summed E-state index contributed by atoms with van der Waals surface area (Å²) in [6.07, 6.45) is 4.49. The zero-order chi connectivity index (χ0) is 24.2. The summed E-state index contributed by atoms with van der Waals surface area (Å²) < 4.78 is 6.35. The maximum absolute atomic E-state index is 6.35. The third kappa shape index (κ3) is 5.46. The first-order valence-electron chi connectivity index (χ1n) is 12.6. The number of aromatic nitrogens is 1. The highest BCUT2D eigenvalue weighted by Gasteiger charge is 2.20. The van der Waals surface area contributed by atoms with Crippen molar-refractivity contribution in [1.82, 2.24) is 9.88 Å². The smallest absolute Gasteiger partial charge is 0.150 e. The summed E-state index contributed by atoms with van der Waals surface area (Å²) in [4.78, 5) is 10.6. The van der Waals surface area contributed by atoms with E-state index in [1.165, 1.54) is 34.1 Å². The Kier molecular flexibility index (Phi) is 6.96. The Bertz CT molecular complexity index is 1270. The van der Waals surface area contributed by atoms with E-state index in [4.69, 9.17) is 4.74 Å². The standard InChI is InChI=1S/C30H36N4O/c1-23-13-14-28-27(20-23)24(22-31-28)8-7-15-33-16-18-34(19-17-33)29-11-4-5-12-30(29)35-26-10-6-9-25(21-26)32(2)3/h4-6,9-14,20-22,31H,7-8,15-19H2,1-3H3. The fourth-order valence-corrected chi connectivity index (χ4v) is 4.96. The normalized spacial score (nSPS) is 14.4. The molecule has 3 aromatic carbocycles. The van der Waals surface area contributed by atoms with Gasteiger partial charge in [0.15, 0.2) is 5.75 Å². The molecule has 0 spiro atoms. The Morgan fingerprint density at radius 3 is 2.57 bits per heavy atom. The molecule has 1 saturated heterocycles. The van der Waals surface area contributed by atoms with Crippen molar-refractivity contribution < 1.29 is 4.74 Å². The summed E-state index contributed by atoms with van der Waals surface area (Å²) in [6.45, 7) is 7.51. The molecule has 0 bridgehead atoms. The van der Waals surface area contributed by atoms with Gasteiger partial charge in [0.05, 0.1) is 5.69 Å². The Labute approximate surface area is 208 Å². The first-order chi connectivity index (χ1) is 17.1. The molecular weight excluding hydrogens is 432 g/mol. The van der Waals surface area contributed by atoms with Crippen molar-refractivity contribution >= 4 is 22.3 Å². The van der Waals surface area contributed by atoms with Crippen molar-refractivity contribution in [2.45, 2.75) is 19.8 Å². The van der Waals surface area contributed by atoms with E-state index < -0.39 is 0 Å². The number of nitrogens with zero attached hydrogens (tertiary/aromatic N) is 3. The minimum atomic E-state index is 0.870. The lowest BCUT2D eigenvalue weighted by atomic mass is 10.1. The fraction of sp³-hybridized carbons (Fsp3) is 0.333. The number of H-pyrrole nitrogens is 1. The zero-order valence-corrected chi connectivity index (χ0v) is 21.1. The lowest BCUT2D eigenvalue weighted by Crippen LogP contribution is -2.46. The van der Waals surface area contributed by atoms with Gasteiger partial charge in [0.1, 0.15) is 5.75 Å². The van der Waals surface area contributed by atoms with Gasteiger partial charge in [-0.1, -0.05) is 29.8 Å². The van der Waals surface area contributed by atoms with E-state index in [9.17, 15) is 0 Å². The number of piperazine rings is 1. The average Bonchev–Trinajstić information content (AvgIpc) is 3.27. The number of benzene rings is 3. The average molecular weight is 469 g/mol. The highest BCUT2D eigenvalue weighted by atomic mass is 16.5. The van der Waals surface area contributed by atoms with Gasteiger partial charge in [0.25, 0.3) is 0 Å². The molecule has 1 aliphatic rings. The van der Waals surface area contributed by atoms with Crippen LogP contribution in [0.5, 0.6) is 11.5 Å². The maximum atomic E-state index is 6.35. The predicted molar refractivity (Wildman–Crippen MR) is 147 cm³/mol. The summed E-state index contributed by atoms with van der Waals surface area (Å²) in [5.74, 6) is 1.79. The van der Waals surface area contributed by atoms with E-state index in [1.807, 2.05) is 26.2 Å². The SMILES string of the molecule is Cc1ccc2[nH]cc(CCCN3CCN(c4ccccc4Oc4cccc(N(C)C)c4)CC3)c2c1. The van der Waals surface area contributed by atoms with Crippen LogP contribution in [-0.4, -0.2) is 56.7 Å². The number of ether oxygens (including phenoxy) is 1. The van der Waals surface area contributed by atoms with Crippen molar-refractivity contribution in [1.29, 1.82) is 0 Å². The second-order valence-electron chi connectivity index (χ2n) is 9.76. The molecule has 2 heterocycles. The Morgan fingerprint density at radius 1 is 0.914 bits per heavy atom. The van der Waals surface area contributed by atoms with Crippen LogP contribution in [-0.2, 0) is 6.42 Å². The van der Waals surface area contributed by atoms with E-state index in [2.05, 4.69) is 87.4 Å². The number of para-hydroxylation sites is 2. The number of fused-ring (bicyclic) bond motifs is 1. The largest absolute Gasteiger partial charge is 0.455 e. The molecule has 0 saturated carbocycles. The van der Waals surface area contributed by atoms with E-state index >= 15 is 0 Å². The third-order valence-electron chi connectivity index (χ3n) is 6.98. The van der Waals surface area contributed by atoms with Crippen LogP contribution in [0.1, 0.15) is 17.5 Å². The van der Waals surface area contributed by atoms with Crippen molar-refractivity contribution in [3.05, 3.63) is 84.1 Å². The molecule has 35 heavy (non-hydrogen) atoms. The van der Waals surface area contributed by atoms with Gasteiger partial charge >= 0.3 is 0 Å². The molecule has 0 unspecified atom stereocenters. The van der Waals surface area contributed by atoms with Crippen molar-refractivity contribution in [2.75, 3.05) is 56.6 Å². The van der Waals surface area contributed by atoms with E-state index in [0.717, 1.165) is 56.3 Å². The van der Waals surface area contributed by atoms with Crippen LogP contribution < -0.4 is 14.5 Å². The van der Waals surface area contributed by atoms with E-state index in [0.29, 0.717) is 0 Å². The topological polar surface area (TPSA) is 34.7 Å². The molecule has 5 nitrogen and oxygen atoms in total. The van der Waals surface area contributed by atoms with Crippen LogP contribution in [0.15, 0.2) is 72.9 Å². The number of hydrogen-bond donors (Lipinski definition) is 1. The summed E-state index contributed by atoms with van der Waals surface area (Å²) >= 11 is 0. The lowest BCUT2D eigenvalue weighted by molar-refractivity contribution is 0.254. The molecule has 1 aliphatic heterocycles. The summed E-state index contributed by atoms with van der Waals surface area (Å²) in [7, 11) is 4.10. The van der Waals surface area contributed by atoms with Crippen LogP contribution in [0.25, 0.3) is 10.9 Å². The van der Waals surface area contributed by atoms with Crippen LogP contribution in [0.2, 0.25) is 0 Å². The lowest BCUT2D eigenvalue weighted by Gasteiger charge is -2.36. The molecule has 4 aromatic rings. The van der Waals surface area contributed by atoms with Gasteiger partial charge in [0.2, 0.25) is 0 Å². The van der Waals surface area contributed by atoms with E-state index in [1.54, 1.807) is 0 Å². The molecule has 5 heteroatoms. The molecule has 0 atom stereocenters. The van der Waals surface area contributed by atoms with Crippen LogP contribution in [0.4, 0.5) is 11.4 Å². The third-order valence-corrected chi connectivity index (χ3v) is 6.98. The second-order valence-corrected chi connectivity index (χ2v) is 9.76. The molecule has 5 rings (SSSR count). The summed E-state index contributed by atoms with van der Waals surface area (Å²) in [5, 5.41) is 1.38. The van der Waals surface area contributed by atoms with Gasteiger partial charge in [-0.15, -0.1) is 0 Å². The number of aryl methyl sites for hydroxylation is 2. The molecule has 1 aromatic heterocycles. The maximum Gasteiger partial charge on any atom is 0.150 e. The fourth-order valence-electron chi connectivity index (χ4n) is 4.96. The molecule has 0 aliphatic carbocycles. The molecule has 0 radical (unpaired) electrons. The summed E-state index contributed by atoms with van der Waals surface area (Å²) in [6, 6.07) is 23.3. The first-order valence-corrected chi connectivity index (χ1v) is 12.6. The number of aromatic amines is 1. The van der Waals surface area contributed by atoms with Crippen molar-refractivity contribution in [3.63, 3.8) is 0 Å². The highest BCUT2D eigenvalue weighted by Crippen LogP contribution is 2.34. The van der Waals surface area contributed by atoms with Gasteiger partial charge in [-0.3, -0.25) is 4.90 Å². The number of hydrogen-bond acceptors (Lipinski definition) is 4. The van der Waals surface area contributed by atoms with Gasteiger partial charge in [0, 0.05) is 69.1 Å². The molecule has 1 N–H and O–H groups in total. The van der Waals surface area contributed by atoms with E-state index in [-0.39, 0.29) is 0 Å². The molecule has 1 fully saturated rings. The van der Waals surface area contributed by atoms with Crippen LogP contribution in [0.3, 0.4) is 0 Å².